The third-order valence-corrected chi connectivity index (χ3v) is 5.38. The molecule has 0 N–H and O–H groups in total. The number of carbonyl (C=O) groups is 1. The van der Waals surface area contributed by atoms with Crippen molar-refractivity contribution in [2.75, 3.05) is 11.4 Å². The first kappa shape index (κ1) is 17.7. The first-order chi connectivity index (χ1) is 11.6. The zero-order valence-electron chi connectivity index (χ0n) is 13.9. The monoisotopic (exact) mass is 374 g/mol. The number of hydrogen-bond acceptors (Lipinski definition) is 4. The van der Waals surface area contributed by atoms with Crippen LogP contribution in [0.25, 0.3) is 0 Å². The quantitative estimate of drug-likeness (QED) is 0.812. The van der Waals surface area contributed by atoms with Gasteiger partial charge in [-0.25, -0.2) is 4.68 Å². The lowest BCUT2D eigenvalue weighted by Gasteiger charge is -2.33. The number of carbonyl (C=O) groups excluding carboxylic acids is 1. The summed E-state index contributed by atoms with van der Waals surface area (Å²) in [6, 6.07) is -0.280. The van der Waals surface area contributed by atoms with Crippen molar-refractivity contribution >= 4 is 23.1 Å². The molecule has 1 atom stereocenters. The fourth-order valence-electron chi connectivity index (χ4n) is 2.97. The minimum absolute atomic E-state index is 0.0644. The third kappa shape index (κ3) is 3.10. The molecule has 0 aliphatic carbocycles. The van der Waals surface area contributed by atoms with Gasteiger partial charge < -0.3 is 0 Å². The number of rotatable bonds is 2. The van der Waals surface area contributed by atoms with Crippen LogP contribution in [0, 0.1) is 20.8 Å². The van der Waals surface area contributed by atoms with Crippen LogP contribution >= 0.6 is 11.3 Å². The minimum atomic E-state index is -4.43. The molecule has 0 spiro atoms. The first-order valence-electron chi connectivity index (χ1n) is 7.69. The van der Waals surface area contributed by atoms with Crippen molar-refractivity contribution in [2.45, 2.75) is 46.0 Å². The molecule has 1 aliphatic heterocycles. The van der Waals surface area contributed by atoms with Gasteiger partial charge in [0.2, 0.25) is 5.91 Å². The van der Waals surface area contributed by atoms with Crippen LogP contribution in [0.3, 0.4) is 0 Å². The van der Waals surface area contributed by atoms with Crippen molar-refractivity contribution in [3.8, 4) is 0 Å². The van der Waals surface area contributed by atoms with E-state index in [0.29, 0.717) is 11.4 Å². The Labute approximate surface area is 145 Å². The molecule has 0 saturated heterocycles. The van der Waals surface area contributed by atoms with Crippen LogP contribution in [0.15, 0.2) is 10.9 Å². The molecule has 136 valence electrons. The van der Waals surface area contributed by atoms with E-state index < -0.39 is 18.1 Å². The average Bonchev–Trinajstić information content (AvgIpc) is 2.99. The standard InChI is InChI=1S/C15H17F3N4O2S/c1-8-6-12-20(5-4-11(15(16,17)18)22(12)19-8)13(23)7-21-9(2)10(3)25-14(21)24/h6,11H,4-5,7H2,1-3H3. The second kappa shape index (κ2) is 6.01. The zero-order valence-corrected chi connectivity index (χ0v) is 14.7. The molecule has 0 radical (unpaired) electrons. The van der Waals surface area contributed by atoms with E-state index in [2.05, 4.69) is 5.10 Å². The smallest absolute Gasteiger partial charge is 0.295 e. The van der Waals surface area contributed by atoms with Gasteiger partial charge in [-0.2, -0.15) is 18.3 Å². The second-order valence-corrected chi connectivity index (χ2v) is 7.24. The molecule has 3 rings (SSSR count). The Morgan fingerprint density at radius 3 is 2.60 bits per heavy atom. The SMILES string of the molecule is Cc1cc2n(n1)C(C(F)(F)F)CCN2C(=O)Cn1c(C)c(C)sc1=O. The lowest BCUT2D eigenvalue weighted by atomic mass is 10.1. The Balaban J connectivity index is 1.92. The van der Waals surface area contributed by atoms with E-state index >= 15 is 0 Å². The maximum atomic E-state index is 13.2. The molecule has 2 aromatic rings. The zero-order chi connectivity index (χ0) is 18.5. The van der Waals surface area contributed by atoms with Gasteiger partial charge in [0.25, 0.3) is 0 Å². The summed E-state index contributed by atoms with van der Waals surface area (Å²) in [4.78, 5) is 26.5. The van der Waals surface area contributed by atoms with Gasteiger partial charge in [0, 0.05) is 23.2 Å². The maximum Gasteiger partial charge on any atom is 0.410 e. The first-order valence-corrected chi connectivity index (χ1v) is 8.51. The van der Waals surface area contributed by atoms with E-state index in [1.807, 2.05) is 0 Å². The number of anilines is 1. The summed E-state index contributed by atoms with van der Waals surface area (Å²) >= 11 is 1.05. The lowest BCUT2D eigenvalue weighted by Crippen LogP contribution is -2.44. The minimum Gasteiger partial charge on any atom is -0.295 e. The number of aromatic nitrogens is 3. The fourth-order valence-corrected chi connectivity index (χ4v) is 3.80. The van der Waals surface area contributed by atoms with Gasteiger partial charge in [-0.05, 0) is 27.2 Å². The molecular formula is C15H17F3N4O2S. The van der Waals surface area contributed by atoms with E-state index in [9.17, 15) is 22.8 Å². The summed E-state index contributed by atoms with van der Waals surface area (Å²) in [5.74, 6) is -0.307. The molecule has 6 nitrogen and oxygen atoms in total. The van der Waals surface area contributed by atoms with Gasteiger partial charge >= 0.3 is 11.0 Å². The van der Waals surface area contributed by atoms with Gasteiger partial charge in [0.05, 0.1) is 5.69 Å². The number of amides is 1. The molecule has 25 heavy (non-hydrogen) atoms. The molecule has 1 aliphatic rings. The van der Waals surface area contributed by atoms with E-state index in [1.165, 1.54) is 15.5 Å². The van der Waals surface area contributed by atoms with Crippen molar-refractivity contribution in [1.82, 2.24) is 14.3 Å². The lowest BCUT2D eigenvalue weighted by molar-refractivity contribution is -0.173. The predicted octanol–water partition coefficient (Wildman–Crippen LogP) is 2.57. The largest absolute Gasteiger partial charge is 0.410 e. The van der Waals surface area contributed by atoms with Crippen molar-refractivity contribution in [1.29, 1.82) is 0 Å². The van der Waals surface area contributed by atoms with Gasteiger partial charge in [-0.1, -0.05) is 11.3 Å². The summed E-state index contributed by atoms with van der Waals surface area (Å²) < 4.78 is 41.8. The van der Waals surface area contributed by atoms with E-state index in [-0.39, 0.29) is 30.2 Å². The molecule has 2 aromatic heterocycles. The van der Waals surface area contributed by atoms with E-state index in [4.69, 9.17) is 0 Å². The number of alkyl halides is 3. The molecule has 0 saturated carbocycles. The molecule has 0 fully saturated rings. The van der Waals surface area contributed by atoms with Gasteiger partial charge in [-0.15, -0.1) is 0 Å². The van der Waals surface area contributed by atoms with Crippen LogP contribution in [0.5, 0.6) is 0 Å². The second-order valence-electron chi connectivity index (χ2n) is 6.08. The van der Waals surface area contributed by atoms with Gasteiger partial charge in [0.15, 0.2) is 6.04 Å². The van der Waals surface area contributed by atoms with Crippen LogP contribution in [0.2, 0.25) is 0 Å². The maximum absolute atomic E-state index is 13.2. The molecule has 0 bridgehead atoms. The molecule has 1 amide bonds. The number of aryl methyl sites for hydroxylation is 2. The average molecular weight is 374 g/mol. The summed E-state index contributed by atoms with van der Waals surface area (Å²) in [6.45, 7) is 4.85. The highest BCUT2D eigenvalue weighted by Crippen LogP contribution is 2.39. The van der Waals surface area contributed by atoms with Crippen LogP contribution in [-0.4, -0.2) is 33.0 Å². The predicted molar refractivity (Wildman–Crippen MR) is 87.1 cm³/mol. The van der Waals surface area contributed by atoms with E-state index in [1.54, 1.807) is 20.8 Å². The Morgan fingerprint density at radius 2 is 2.04 bits per heavy atom. The van der Waals surface area contributed by atoms with Crippen LogP contribution in [-0.2, 0) is 11.3 Å². The van der Waals surface area contributed by atoms with E-state index in [0.717, 1.165) is 20.9 Å². The Bertz CT molecular complexity index is 880. The third-order valence-electron chi connectivity index (χ3n) is 4.38. The van der Waals surface area contributed by atoms with Crippen LogP contribution in [0.1, 0.15) is 28.7 Å². The van der Waals surface area contributed by atoms with Gasteiger partial charge in [0.1, 0.15) is 12.4 Å². The normalized spacial score (nSPS) is 17.7. The summed E-state index contributed by atoms with van der Waals surface area (Å²) in [5.41, 5.74) is 1.10. The summed E-state index contributed by atoms with van der Waals surface area (Å²) in [7, 11) is 0. The van der Waals surface area contributed by atoms with Crippen molar-refractivity contribution in [3.05, 3.63) is 32.0 Å². The molecular weight excluding hydrogens is 357 g/mol. The molecule has 1 unspecified atom stereocenters. The molecule has 3 heterocycles. The Morgan fingerprint density at radius 1 is 1.36 bits per heavy atom. The van der Waals surface area contributed by atoms with Crippen molar-refractivity contribution in [2.24, 2.45) is 0 Å². The highest BCUT2D eigenvalue weighted by Gasteiger charge is 2.46. The highest BCUT2D eigenvalue weighted by atomic mass is 32.1. The van der Waals surface area contributed by atoms with Gasteiger partial charge in [-0.3, -0.25) is 19.1 Å². The van der Waals surface area contributed by atoms with Crippen molar-refractivity contribution in [3.63, 3.8) is 0 Å². The van der Waals surface area contributed by atoms with Crippen molar-refractivity contribution < 1.29 is 18.0 Å². The Kier molecular flexibility index (Phi) is 4.26. The number of thiazole rings is 1. The Hall–Kier alpha value is -2.10. The topological polar surface area (TPSA) is 60.1 Å². The molecule has 10 heteroatoms. The highest BCUT2D eigenvalue weighted by molar-refractivity contribution is 7.09. The number of halogens is 3. The number of fused-ring (bicyclic) bond motifs is 1. The van der Waals surface area contributed by atoms with Crippen LogP contribution < -0.4 is 9.77 Å². The molecule has 0 aromatic carbocycles. The number of hydrogen-bond donors (Lipinski definition) is 0. The van der Waals surface area contributed by atoms with Crippen LogP contribution in [0.4, 0.5) is 19.0 Å². The summed E-state index contributed by atoms with van der Waals surface area (Å²) in [6.07, 6.45) is -4.69. The number of nitrogens with zero attached hydrogens (tertiary/aromatic N) is 4. The fraction of sp³-hybridized carbons (Fsp3) is 0.533. The summed E-state index contributed by atoms with van der Waals surface area (Å²) in [5, 5.41) is 3.91.